The van der Waals surface area contributed by atoms with Gasteiger partial charge in [-0.15, -0.1) is 0 Å². The minimum absolute atomic E-state index is 0.434. The molecule has 2 N–H and O–H groups in total. The lowest BCUT2D eigenvalue weighted by Gasteiger charge is -2.02. The zero-order valence-corrected chi connectivity index (χ0v) is 9.14. The van der Waals surface area contributed by atoms with E-state index in [1.165, 1.54) is 6.21 Å². The molecule has 0 aliphatic carbocycles. The Hall–Kier alpha value is -0.930. The normalized spacial score (nSPS) is 10.8. The van der Waals surface area contributed by atoms with Crippen molar-refractivity contribution in [3.8, 4) is 0 Å². The fourth-order valence-electron chi connectivity index (χ4n) is 0.851. The average molecular weight is 233 g/mol. The number of oxime groups is 1. The largest absolute Gasteiger partial charge is 0.398 e. The van der Waals surface area contributed by atoms with Gasteiger partial charge in [-0.1, -0.05) is 28.4 Å². The van der Waals surface area contributed by atoms with Gasteiger partial charge in [0.2, 0.25) is 0 Å². The molecule has 0 aliphatic rings. The van der Waals surface area contributed by atoms with E-state index in [0.29, 0.717) is 27.9 Å². The van der Waals surface area contributed by atoms with E-state index in [9.17, 15) is 0 Å². The SMILES string of the molecule is CCON=Cc1cc(N)c(Cl)cc1Cl. The number of nitrogens with zero attached hydrogens (tertiary/aromatic N) is 1. The molecular weight excluding hydrogens is 223 g/mol. The van der Waals surface area contributed by atoms with Crippen molar-refractivity contribution in [3.63, 3.8) is 0 Å². The minimum atomic E-state index is 0.434. The monoisotopic (exact) mass is 232 g/mol. The van der Waals surface area contributed by atoms with Crippen molar-refractivity contribution in [1.29, 1.82) is 0 Å². The van der Waals surface area contributed by atoms with Crippen LogP contribution in [-0.4, -0.2) is 12.8 Å². The van der Waals surface area contributed by atoms with E-state index in [4.69, 9.17) is 33.8 Å². The fourth-order valence-corrected chi connectivity index (χ4v) is 1.28. The molecule has 0 heterocycles. The molecule has 0 unspecified atom stereocenters. The second-order valence-corrected chi connectivity index (χ2v) is 3.36. The molecule has 1 aromatic carbocycles. The highest BCUT2D eigenvalue weighted by molar-refractivity contribution is 6.37. The van der Waals surface area contributed by atoms with Crippen molar-refractivity contribution < 1.29 is 4.84 Å². The van der Waals surface area contributed by atoms with E-state index in [1.54, 1.807) is 12.1 Å². The van der Waals surface area contributed by atoms with Crippen LogP contribution < -0.4 is 5.73 Å². The lowest BCUT2D eigenvalue weighted by Crippen LogP contribution is -1.91. The summed E-state index contributed by atoms with van der Waals surface area (Å²) in [5.41, 5.74) is 6.75. The first-order valence-corrected chi connectivity index (χ1v) is 4.80. The molecule has 1 aromatic rings. The quantitative estimate of drug-likeness (QED) is 0.495. The summed E-state index contributed by atoms with van der Waals surface area (Å²) in [6.45, 7) is 2.35. The molecule has 0 fully saturated rings. The summed E-state index contributed by atoms with van der Waals surface area (Å²) < 4.78 is 0. The maximum Gasteiger partial charge on any atom is 0.114 e. The molecule has 3 nitrogen and oxygen atoms in total. The van der Waals surface area contributed by atoms with Gasteiger partial charge in [-0.25, -0.2) is 0 Å². The lowest BCUT2D eigenvalue weighted by molar-refractivity contribution is 0.160. The molecule has 5 heteroatoms. The molecule has 0 radical (unpaired) electrons. The summed E-state index contributed by atoms with van der Waals surface area (Å²) in [5, 5.41) is 4.61. The van der Waals surface area contributed by atoms with Crippen LogP contribution in [0, 0.1) is 0 Å². The third-order valence-corrected chi connectivity index (χ3v) is 2.17. The van der Waals surface area contributed by atoms with Crippen molar-refractivity contribution in [2.45, 2.75) is 6.92 Å². The topological polar surface area (TPSA) is 47.6 Å². The number of anilines is 1. The summed E-state index contributed by atoms with van der Waals surface area (Å²) in [5.74, 6) is 0. The van der Waals surface area contributed by atoms with Gasteiger partial charge in [0, 0.05) is 5.56 Å². The third-order valence-electron chi connectivity index (χ3n) is 1.51. The Morgan fingerprint density at radius 3 is 2.79 bits per heavy atom. The molecule has 0 spiro atoms. The van der Waals surface area contributed by atoms with Crippen LogP contribution in [0.25, 0.3) is 0 Å². The average Bonchev–Trinajstić information content (AvgIpc) is 2.14. The van der Waals surface area contributed by atoms with Gasteiger partial charge in [0.05, 0.1) is 21.9 Å². The van der Waals surface area contributed by atoms with E-state index in [2.05, 4.69) is 5.16 Å². The third kappa shape index (κ3) is 2.79. The maximum atomic E-state index is 5.89. The van der Waals surface area contributed by atoms with Crippen LogP contribution in [0.5, 0.6) is 0 Å². The van der Waals surface area contributed by atoms with Gasteiger partial charge < -0.3 is 10.6 Å². The Bertz CT molecular complexity index is 353. The molecular formula is C9H10Cl2N2O. The van der Waals surface area contributed by atoms with Crippen LogP contribution in [0.15, 0.2) is 17.3 Å². The molecule has 14 heavy (non-hydrogen) atoms. The van der Waals surface area contributed by atoms with Crippen molar-refractivity contribution in [1.82, 2.24) is 0 Å². The molecule has 0 aliphatic heterocycles. The van der Waals surface area contributed by atoms with Crippen molar-refractivity contribution in [2.75, 3.05) is 12.3 Å². The Kier molecular flexibility index (Phi) is 4.04. The highest BCUT2D eigenvalue weighted by Crippen LogP contribution is 2.25. The molecule has 76 valence electrons. The van der Waals surface area contributed by atoms with Crippen LogP contribution in [0.1, 0.15) is 12.5 Å². The van der Waals surface area contributed by atoms with Gasteiger partial charge in [0.25, 0.3) is 0 Å². The molecule has 0 aromatic heterocycles. The molecule has 0 saturated carbocycles. The van der Waals surface area contributed by atoms with Gasteiger partial charge in [-0.3, -0.25) is 0 Å². The van der Waals surface area contributed by atoms with Gasteiger partial charge in [0.1, 0.15) is 6.61 Å². The second kappa shape index (κ2) is 5.08. The number of benzene rings is 1. The molecule has 0 bridgehead atoms. The van der Waals surface area contributed by atoms with E-state index in [0.717, 1.165) is 0 Å². The predicted molar refractivity (Wildman–Crippen MR) is 60.1 cm³/mol. The first kappa shape index (κ1) is 11.1. The number of hydrogen-bond donors (Lipinski definition) is 1. The minimum Gasteiger partial charge on any atom is -0.398 e. The number of nitrogen functional groups attached to an aromatic ring is 1. The summed E-state index contributed by atoms with van der Waals surface area (Å²) in [7, 11) is 0. The predicted octanol–water partition coefficient (Wildman–Crippen LogP) is 2.95. The Labute approximate surface area is 92.4 Å². The van der Waals surface area contributed by atoms with Crippen LogP contribution in [0.3, 0.4) is 0 Å². The smallest absolute Gasteiger partial charge is 0.114 e. The van der Waals surface area contributed by atoms with Crippen LogP contribution >= 0.6 is 23.2 Å². The van der Waals surface area contributed by atoms with Crippen molar-refractivity contribution in [2.24, 2.45) is 5.16 Å². The summed E-state index contributed by atoms with van der Waals surface area (Å²) in [4.78, 5) is 4.80. The zero-order chi connectivity index (χ0) is 10.6. The number of halogens is 2. The molecule has 1 rings (SSSR count). The van der Waals surface area contributed by atoms with Crippen LogP contribution in [0.4, 0.5) is 5.69 Å². The molecule has 0 amide bonds. The standard InChI is InChI=1S/C9H10Cl2N2O/c1-2-14-13-5-6-3-9(12)8(11)4-7(6)10/h3-5H,2,12H2,1H3. The van der Waals surface area contributed by atoms with E-state index in [1.807, 2.05) is 6.92 Å². The number of hydrogen-bond acceptors (Lipinski definition) is 3. The van der Waals surface area contributed by atoms with Gasteiger partial charge in [-0.2, -0.15) is 0 Å². The second-order valence-electron chi connectivity index (χ2n) is 2.55. The van der Waals surface area contributed by atoms with E-state index < -0.39 is 0 Å². The van der Waals surface area contributed by atoms with E-state index in [-0.39, 0.29) is 0 Å². The Balaban J connectivity index is 2.92. The van der Waals surface area contributed by atoms with Gasteiger partial charge in [-0.05, 0) is 19.1 Å². The highest BCUT2D eigenvalue weighted by Gasteiger charge is 2.02. The fraction of sp³-hybridized carbons (Fsp3) is 0.222. The van der Waals surface area contributed by atoms with Crippen molar-refractivity contribution in [3.05, 3.63) is 27.7 Å². The van der Waals surface area contributed by atoms with Crippen LogP contribution in [0.2, 0.25) is 10.0 Å². The first-order valence-electron chi connectivity index (χ1n) is 4.05. The summed E-state index contributed by atoms with van der Waals surface area (Å²) in [6.07, 6.45) is 1.50. The summed E-state index contributed by atoms with van der Waals surface area (Å²) in [6, 6.07) is 3.22. The molecule has 0 atom stereocenters. The summed E-state index contributed by atoms with van der Waals surface area (Å²) >= 11 is 11.7. The van der Waals surface area contributed by atoms with Gasteiger partial charge in [0.15, 0.2) is 0 Å². The van der Waals surface area contributed by atoms with E-state index >= 15 is 0 Å². The Morgan fingerprint density at radius 1 is 1.43 bits per heavy atom. The highest BCUT2D eigenvalue weighted by atomic mass is 35.5. The first-order chi connectivity index (χ1) is 6.65. The van der Waals surface area contributed by atoms with Crippen LogP contribution in [-0.2, 0) is 4.84 Å². The zero-order valence-electron chi connectivity index (χ0n) is 7.63. The Morgan fingerprint density at radius 2 is 2.14 bits per heavy atom. The lowest BCUT2D eigenvalue weighted by atomic mass is 10.2. The maximum absolute atomic E-state index is 5.89. The van der Waals surface area contributed by atoms with Crippen molar-refractivity contribution >= 4 is 35.1 Å². The van der Waals surface area contributed by atoms with Gasteiger partial charge >= 0.3 is 0 Å². The number of rotatable bonds is 3. The molecule has 0 saturated heterocycles. The number of nitrogens with two attached hydrogens (primary N) is 1.